The maximum atomic E-state index is 12.4. The van der Waals surface area contributed by atoms with Gasteiger partial charge in [-0.3, -0.25) is 0 Å². The summed E-state index contributed by atoms with van der Waals surface area (Å²) in [6.07, 6.45) is 2.23. The third-order valence-electron chi connectivity index (χ3n) is 3.63. The number of hydrogen-bond donors (Lipinski definition) is 1. The van der Waals surface area contributed by atoms with Crippen LogP contribution < -0.4 is 10.1 Å². The van der Waals surface area contributed by atoms with E-state index in [1.54, 1.807) is 7.05 Å². The molecule has 7 nitrogen and oxygen atoms in total. The zero-order chi connectivity index (χ0) is 17.1. The molecule has 3 rings (SSSR count). The quantitative estimate of drug-likeness (QED) is 0.878. The molecule has 1 aromatic heterocycles. The van der Waals surface area contributed by atoms with Crippen molar-refractivity contribution in [2.45, 2.75) is 45.3 Å². The van der Waals surface area contributed by atoms with Gasteiger partial charge in [-0.1, -0.05) is 17.3 Å². The van der Waals surface area contributed by atoms with E-state index in [9.17, 15) is 4.79 Å². The highest BCUT2D eigenvalue weighted by Crippen LogP contribution is 2.38. The Balaban J connectivity index is 1.61. The van der Waals surface area contributed by atoms with Crippen LogP contribution >= 0.6 is 0 Å². The second-order valence-electron chi connectivity index (χ2n) is 6.27. The number of rotatable bonds is 6. The number of ether oxygens (including phenoxy) is 1. The van der Waals surface area contributed by atoms with Crippen LogP contribution in [-0.4, -0.2) is 34.2 Å². The highest BCUT2D eigenvalue weighted by molar-refractivity contribution is 5.90. The van der Waals surface area contributed by atoms with Gasteiger partial charge in [0.15, 0.2) is 5.82 Å². The molecule has 1 saturated carbocycles. The largest absolute Gasteiger partial charge is 0.489 e. The van der Waals surface area contributed by atoms with Crippen LogP contribution in [0.3, 0.4) is 0 Å². The number of urea groups is 1. The summed E-state index contributed by atoms with van der Waals surface area (Å²) in [7, 11) is 1.69. The Labute approximate surface area is 141 Å². The summed E-state index contributed by atoms with van der Waals surface area (Å²) in [5.74, 6) is 2.24. The lowest BCUT2D eigenvalue weighted by atomic mass is 10.3. The first-order chi connectivity index (χ1) is 11.5. The summed E-state index contributed by atoms with van der Waals surface area (Å²) < 4.78 is 10.9. The molecule has 0 atom stereocenters. The van der Waals surface area contributed by atoms with Crippen LogP contribution in [0.15, 0.2) is 28.8 Å². The van der Waals surface area contributed by atoms with Crippen molar-refractivity contribution in [1.82, 2.24) is 15.0 Å². The normalized spacial score (nSPS) is 13.8. The monoisotopic (exact) mass is 330 g/mol. The molecule has 0 unspecified atom stereocenters. The molecule has 7 heteroatoms. The zero-order valence-corrected chi connectivity index (χ0v) is 14.2. The van der Waals surface area contributed by atoms with Gasteiger partial charge in [0, 0.05) is 13.0 Å². The van der Waals surface area contributed by atoms with Crippen LogP contribution in [-0.2, 0) is 6.54 Å². The van der Waals surface area contributed by atoms with Crippen molar-refractivity contribution < 1.29 is 14.1 Å². The minimum atomic E-state index is -0.257. The minimum Gasteiger partial charge on any atom is -0.489 e. The van der Waals surface area contributed by atoms with Gasteiger partial charge in [0.25, 0.3) is 0 Å². The van der Waals surface area contributed by atoms with Gasteiger partial charge in [0.05, 0.1) is 18.3 Å². The first-order valence-corrected chi connectivity index (χ1v) is 8.13. The molecule has 0 saturated heterocycles. The number of amides is 2. The summed E-state index contributed by atoms with van der Waals surface area (Å²) in [5, 5.41) is 6.78. The Morgan fingerprint density at radius 1 is 1.42 bits per heavy atom. The fourth-order valence-electron chi connectivity index (χ4n) is 2.25. The molecule has 0 radical (unpaired) electrons. The summed E-state index contributed by atoms with van der Waals surface area (Å²) >= 11 is 0. The number of hydrogen-bond acceptors (Lipinski definition) is 5. The van der Waals surface area contributed by atoms with Gasteiger partial charge >= 0.3 is 6.03 Å². The summed E-state index contributed by atoms with van der Waals surface area (Å²) in [4.78, 5) is 18.2. The highest BCUT2D eigenvalue weighted by Gasteiger charge is 2.29. The molecule has 24 heavy (non-hydrogen) atoms. The molecule has 2 aromatic rings. The minimum absolute atomic E-state index is 0.0287. The van der Waals surface area contributed by atoms with Crippen molar-refractivity contribution in [3.63, 3.8) is 0 Å². The second kappa shape index (κ2) is 6.90. The van der Waals surface area contributed by atoms with Crippen LogP contribution in [0.4, 0.5) is 10.5 Å². The van der Waals surface area contributed by atoms with Crippen LogP contribution in [0.5, 0.6) is 5.75 Å². The van der Waals surface area contributed by atoms with Crippen molar-refractivity contribution in [3.8, 4) is 5.75 Å². The molecule has 2 amide bonds. The predicted molar refractivity (Wildman–Crippen MR) is 89.0 cm³/mol. The number of carbonyl (C=O) groups excluding carboxylic acids is 1. The molecule has 0 spiro atoms. The Kier molecular flexibility index (Phi) is 4.69. The van der Waals surface area contributed by atoms with Gasteiger partial charge < -0.3 is 19.5 Å². The van der Waals surface area contributed by atoms with E-state index in [1.807, 2.05) is 38.1 Å². The van der Waals surface area contributed by atoms with Gasteiger partial charge in [-0.15, -0.1) is 0 Å². The third kappa shape index (κ3) is 4.04. The van der Waals surface area contributed by atoms with Crippen LogP contribution in [0, 0.1) is 0 Å². The van der Waals surface area contributed by atoms with E-state index in [2.05, 4.69) is 15.5 Å². The fraction of sp³-hybridized carbons (Fsp3) is 0.471. The van der Waals surface area contributed by atoms with Crippen molar-refractivity contribution in [2.24, 2.45) is 0 Å². The third-order valence-corrected chi connectivity index (χ3v) is 3.63. The molecular formula is C17H22N4O3. The van der Waals surface area contributed by atoms with E-state index in [1.165, 1.54) is 4.90 Å². The number of para-hydroxylation sites is 2. The lowest BCUT2D eigenvalue weighted by molar-refractivity contribution is 0.218. The molecule has 128 valence electrons. The number of anilines is 1. The Morgan fingerprint density at radius 2 is 2.17 bits per heavy atom. The number of nitrogens with one attached hydrogen (secondary N) is 1. The maximum Gasteiger partial charge on any atom is 0.322 e. The summed E-state index contributed by atoms with van der Waals surface area (Å²) in [6.45, 7) is 4.17. The molecule has 1 aliphatic carbocycles. The molecule has 1 fully saturated rings. The lowest BCUT2D eigenvalue weighted by Crippen LogP contribution is -2.31. The standard InChI is InChI=1S/C17H22N4O3/c1-11(2)23-14-7-5-4-6-13(14)18-17(22)21(3)10-15-19-16(24-20-15)12-8-9-12/h4-7,11-12H,8-10H2,1-3H3,(H,18,22). The zero-order valence-electron chi connectivity index (χ0n) is 14.2. The summed E-state index contributed by atoms with van der Waals surface area (Å²) in [5.41, 5.74) is 0.634. The van der Waals surface area contributed by atoms with Gasteiger partial charge in [-0.25, -0.2) is 4.79 Å². The number of nitrogens with zero attached hydrogens (tertiary/aromatic N) is 3. The lowest BCUT2D eigenvalue weighted by Gasteiger charge is -2.19. The average Bonchev–Trinajstić information content (AvgIpc) is 3.29. The number of aromatic nitrogens is 2. The van der Waals surface area contributed by atoms with Crippen LogP contribution in [0.2, 0.25) is 0 Å². The van der Waals surface area contributed by atoms with Gasteiger partial charge in [0.2, 0.25) is 5.89 Å². The molecule has 1 aliphatic rings. The Bertz CT molecular complexity index is 709. The molecular weight excluding hydrogens is 308 g/mol. The molecule has 0 aliphatic heterocycles. The van der Waals surface area contributed by atoms with Crippen LogP contribution in [0.25, 0.3) is 0 Å². The SMILES string of the molecule is CC(C)Oc1ccccc1NC(=O)N(C)Cc1noc(C2CC2)n1. The van der Waals surface area contributed by atoms with E-state index in [4.69, 9.17) is 9.26 Å². The number of benzene rings is 1. The fourth-order valence-corrected chi connectivity index (χ4v) is 2.25. The molecule has 1 N–H and O–H groups in total. The average molecular weight is 330 g/mol. The van der Waals surface area contributed by atoms with E-state index < -0.39 is 0 Å². The van der Waals surface area contributed by atoms with Crippen molar-refractivity contribution in [2.75, 3.05) is 12.4 Å². The smallest absolute Gasteiger partial charge is 0.322 e. The van der Waals surface area contributed by atoms with Gasteiger partial charge in [-0.05, 0) is 38.8 Å². The molecule has 1 aromatic carbocycles. The second-order valence-corrected chi connectivity index (χ2v) is 6.27. The first-order valence-electron chi connectivity index (χ1n) is 8.13. The van der Waals surface area contributed by atoms with Crippen molar-refractivity contribution in [3.05, 3.63) is 36.0 Å². The van der Waals surface area contributed by atoms with E-state index in [0.29, 0.717) is 29.1 Å². The summed E-state index contributed by atoms with van der Waals surface area (Å²) in [6, 6.07) is 7.10. The first kappa shape index (κ1) is 16.3. The van der Waals surface area contributed by atoms with Crippen molar-refractivity contribution in [1.29, 1.82) is 0 Å². The van der Waals surface area contributed by atoms with E-state index in [0.717, 1.165) is 12.8 Å². The highest BCUT2D eigenvalue weighted by atomic mass is 16.5. The van der Waals surface area contributed by atoms with E-state index >= 15 is 0 Å². The van der Waals surface area contributed by atoms with E-state index in [-0.39, 0.29) is 18.7 Å². The van der Waals surface area contributed by atoms with Crippen LogP contribution in [0.1, 0.15) is 44.3 Å². The van der Waals surface area contributed by atoms with Gasteiger partial charge in [-0.2, -0.15) is 4.98 Å². The Morgan fingerprint density at radius 3 is 2.88 bits per heavy atom. The van der Waals surface area contributed by atoms with Gasteiger partial charge in [0.1, 0.15) is 5.75 Å². The maximum absolute atomic E-state index is 12.4. The number of carbonyl (C=O) groups is 1. The van der Waals surface area contributed by atoms with Crippen molar-refractivity contribution >= 4 is 11.7 Å². The topological polar surface area (TPSA) is 80.5 Å². The predicted octanol–water partition coefficient (Wildman–Crippen LogP) is 3.40. The molecule has 1 heterocycles. The Hall–Kier alpha value is -2.57. The molecule has 0 bridgehead atoms.